The second-order valence-corrected chi connectivity index (χ2v) is 7.78. The fourth-order valence-electron chi connectivity index (χ4n) is 4.11. The van der Waals surface area contributed by atoms with Crippen molar-refractivity contribution in [2.45, 2.75) is 59.1 Å². The van der Waals surface area contributed by atoms with Gasteiger partial charge in [-0.05, 0) is 55.5 Å². The Kier molecular flexibility index (Phi) is 7.14. The van der Waals surface area contributed by atoms with Gasteiger partial charge in [-0.25, -0.2) is 0 Å². The number of nitrogens with zero attached hydrogens (tertiary/aromatic N) is 1. The Morgan fingerprint density at radius 3 is 2.63 bits per heavy atom. The smallest absolute Gasteiger partial charge is 0.261 e. The summed E-state index contributed by atoms with van der Waals surface area (Å²) in [5, 5.41) is 2.83. The van der Waals surface area contributed by atoms with Crippen molar-refractivity contribution >= 4 is 11.8 Å². The molecular formula is C25H32N2O3. The van der Waals surface area contributed by atoms with Crippen LogP contribution in [0.5, 0.6) is 5.75 Å². The molecule has 0 saturated carbocycles. The highest BCUT2D eigenvalue weighted by molar-refractivity contribution is 5.81. The predicted octanol–water partition coefficient (Wildman–Crippen LogP) is 4.17. The monoisotopic (exact) mass is 408 g/mol. The molecule has 0 aliphatic carbocycles. The maximum Gasteiger partial charge on any atom is 0.261 e. The van der Waals surface area contributed by atoms with Gasteiger partial charge in [0.05, 0.1) is 6.04 Å². The van der Waals surface area contributed by atoms with Gasteiger partial charge in [0, 0.05) is 19.5 Å². The Labute approximate surface area is 179 Å². The summed E-state index contributed by atoms with van der Waals surface area (Å²) in [7, 11) is 0. The summed E-state index contributed by atoms with van der Waals surface area (Å²) in [5.41, 5.74) is 4.57. The van der Waals surface area contributed by atoms with Gasteiger partial charge < -0.3 is 15.0 Å². The molecule has 0 spiro atoms. The van der Waals surface area contributed by atoms with Crippen LogP contribution in [0.1, 0.15) is 61.9 Å². The lowest BCUT2D eigenvalue weighted by molar-refractivity contribution is -0.133. The Hall–Kier alpha value is -2.82. The number of nitrogens with one attached hydrogen (secondary N) is 1. The van der Waals surface area contributed by atoms with E-state index in [2.05, 4.69) is 36.5 Å². The van der Waals surface area contributed by atoms with Crippen LogP contribution in [0.2, 0.25) is 0 Å². The highest BCUT2D eigenvalue weighted by Crippen LogP contribution is 2.38. The molecule has 0 saturated heterocycles. The number of rotatable bonds is 7. The Morgan fingerprint density at radius 2 is 1.97 bits per heavy atom. The molecule has 0 bridgehead atoms. The molecule has 1 aliphatic heterocycles. The Bertz CT molecular complexity index is 909. The molecule has 160 valence electrons. The largest absolute Gasteiger partial charge is 0.481 e. The third-order valence-electron chi connectivity index (χ3n) is 5.62. The zero-order valence-corrected chi connectivity index (χ0v) is 18.4. The molecular weight excluding hydrogens is 376 g/mol. The molecule has 1 N–H and O–H groups in total. The van der Waals surface area contributed by atoms with Crippen LogP contribution < -0.4 is 10.1 Å². The Balaban J connectivity index is 2.00. The van der Waals surface area contributed by atoms with Gasteiger partial charge in [0.15, 0.2) is 6.10 Å². The van der Waals surface area contributed by atoms with E-state index in [0.717, 1.165) is 17.5 Å². The van der Waals surface area contributed by atoms with Gasteiger partial charge in [0.1, 0.15) is 5.75 Å². The maximum absolute atomic E-state index is 12.8. The van der Waals surface area contributed by atoms with Crippen LogP contribution in [0, 0.1) is 6.92 Å². The molecule has 2 aromatic carbocycles. The first kappa shape index (κ1) is 21.9. The van der Waals surface area contributed by atoms with Crippen molar-refractivity contribution in [3.05, 3.63) is 64.7 Å². The maximum atomic E-state index is 12.8. The van der Waals surface area contributed by atoms with Gasteiger partial charge in [-0.3, -0.25) is 9.59 Å². The van der Waals surface area contributed by atoms with Crippen molar-refractivity contribution in [2.75, 3.05) is 13.1 Å². The molecule has 1 aliphatic rings. The number of likely N-dealkylation sites (N-methyl/N-ethyl adjacent to an activating group) is 1. The Morgan fingerprint density at radius 1 is 1.17 bits per heavy atom. The van der Waals surface area contributed by atoms with Crippen LogP contribution >= 0.6 is 0 Å². The van der Waals surface area contributed by atoms with Crippen molar-refractivity contribution < 1.29 is 14.3 Å². The minimum atomic E-state index is -0.530. The minimum absolute atomic E-state index is 0.101. The SMILES string of the molecule is CCNC(=O)C(CC)Oc1ccc2c(c1)C(c1cccc(C)c1)N(C(=O)CC)CC2. The lowest BCUT2D eigenvalue weighted by atomic mass is 9.87. The number of carbonyl (C=O) groups is 2. The van der Waals surface area contributed by atoms with Gasteiger partial charge in [0.2, 0.25) is 5.91 Å². The lowest BCUT2D eigenvalue weighted by Crippen LogP contribution is -2.40. The molecule has 3 rings (SSSR count). The molecule has 30 heavy (non-hydrogen) atoms. The van der Waals surface area contributed by atoms with Crippen LogP contribution in [-0.2, 0) is 16.0 Å². The highest BCUT2D eigenvalue weighted by atomic mass is 16.5. The predicted molar refractivity (Wildman–Crippen MR) is 119 cm³/mol. The van der Waals surface area contributed by atoms with Crippen molar-refractivity contribution in [3.8, 4) is 5.75 Å². The first-order valence-electron chi connectivity index (χ1n) is 10.9. The third kappa shape index (κ3) is 4.66. The normalized spacial score (nSPS) is 16.5. The van der Waals surface area contributed by atoms with Gasteiger partial charge in [-0.2, -0.15) is 0 Å². The average molecular weight is 409 g/mol. The van der Waals surface area contributed by atoms with E-state index in [0.29, 0.717) is 31.7 Å². The van der Waals surface area contributed by atoms with E-state index >= 15 is 0 Å². The number of hydrogen-bond acceptors (Lipinski definition) is 3. The van der Waals surface area contributed by atoms with E-state index in [1.165, 1.54) is 11.1 Å². The molecule has 0 radical (unpaired) electrons. The number of amides is 2. The highest BCUT2D eigenvalue weighted by Gasteiger charge is 2.32. The first-order valence-corrected chi connectivity index (χ1v) is 10.9. The number of aryl methyl sites for hydroxylation is 1. The molecule has 5 nitrogen and oxygen atoms in total. The van der Waals surface area contributed by atoms with Crippen molar-refractivity contribution in [2.24, 2.45) is 0 Å². The summed E-state index contributed by atoms with van der Waals surface area (Å²) in [4.78, 5) is 27.0. The molecule has 2 aromatic rings. The second kappa shape index (κ2) is 9.79. The van der Waals surface area contributed by atoms with E-state index < -0.39 is 6.10 Å². The quantitative estimate of drug-likeness (QED) is 0.748. The van der Waals surface area contributed by atoms with E-state index in [9.17, 15) is 9.59 Å². The second-order valence-electron chi connectivity index (χ2n) is 7.78. The first-order chi connectivity index (χ1) is 14.5. The van der Waals surface area contributed by atoms with Gasteiger partial charge in [0.25, 0.3) is 5.91 Å². The number of ether oxygens (including phenoxy) is 1. The fraction of sp³-hybridized carbons (Fsp3) is 0.440. The van der Waals surface area contributed by atoms with Crippen LogP contribution in [0.4, 0.5) is 0 Å². The summed E-state index contributed by atoms with van der Waals surface area (Å²) in [6, 6.07) is 14.2. The van der Waals surface area contributed by atoms with Gasteiger partial charge >= 0.3 is 0 Å². The van der Waals surface area contributed by atoms with Crippen LogP contribution in [0.25, 0.3) is 0 Å². The van der Waals surface area contributed by atoms with Gasteiger partial charge in [-0.15, -0.1) is 0 Å². The fourth-order valence-corrected chi connectivity index (χ4v) is 4.11. The summed E-state index contributed by atoms with van der Waals surface area (Å²) < 4.78 is 6.06. The molecule has 0 fully saturated rings. The molecule has 2 unspecified atom stereocenters. The summed E-state index contributed by atoms with van der Waals surface area (Å²) in [5.74, 6) is 0.707. The van der Waals surface area contributed by atoms with Crippen LogP contribution in [0.3, 0.4) is 0 Å². The van der Waals surface area contributed by atoms with E-state index in [-0.39, 0.29) is 17.9 Å². The van der Waals surface area contributed by atoms with Crippen molar-refractivity contribution in [1.29, 1.82) is 0 Å². The van der Waals surface area contributed by atoms with E-state index in [1.807, 2.05) is 43.9 Å². The topological polar surface area (TPSA) is 58.6 Å². The average Bonchev–Trinajstić information content (AvgIpc) is 2.76. The number of hydrogen-bond donors (Lipinski definition) is 1. The summed E-state index contributed by atoms with van der Waals surface area (Å²) >= 11 is 0. The number of fused-ring (bicyclic) bond motifs is 1. The summed E-state index contributed by atoms with van der Waals surface area (Å²) in [6.45, 7) is 9.09. The molecule has 2 atom stereocenters. The van der Waals surface area contributed by atoms with E-state index in [4.69, 9.17) is 4.74 Å². The van der Waals surface area contributed by atoms with Crippen molar-refractivity contribution in [1.82, 2.24) is 10.2 Å². The molecule has 2 amide bonds. The number of benzene rings is 2. The van der Waals surface area contributed by atoms with Gasteiger partial charge in [-0.1, -0.05) is 49.7 Å². The van der Waals surface area contributed by atoms with Crippen LogP contribution in [-0.4, -0.2) is 35.9 Å². The summed E-state index contributed by atoms with van der Waals surface area (Å²) in [6.07, 6.45) is 1.35. The molecule has 1 heterocycles. The standard InChI is InChI=1S/C25H32N2O3/c1-5-22(25(29)26-7-3)30-20-12-11-18-13-14-27(23(28)6-2)24(21(18)16-20)19-10-8-9-17(4)15-19/h8-12,15-16,22,24H,5-7,13-14H2,1-4H3,(H,26,29). The minimum Gasteiger partial charge on any atom is -0.481 e. The van der Waals surface area contributed by atoms with Crippen molar-refractivity contribution in [3.63, 3.8) is 0 Å². The molecule has 5 heteroatoms. The number of carbonyl (C=O) groups excluding carboxylic acids is 2. The third-order valence-corrected chi connectivity index (χ3v) is 5.62. The van der Waals surface area contributed by atoms with E-state index in [1.54, 1.807) is 0 Å². The van der Waals surface area contributed by atoms with Crippen LogP contribution in [0.15, 0.2) is 42.5 Å². The zero-order chi connectivity index (χ0) is 21.7. The lowest BCUT2D eigenvalue weighted by Gasteiger charge is -2.38. The molecule has 0 aromatic heterocycles. The zero-order valence-electron chi connectivity index (χ0n) is 18.4.